The van der Waals surface area contributed by atoms with E-state index in [9.17, 15) is 21.6 Å². The number of rotatable bonds is 5. The topological polar surface area (TPSA) is 46.2 Å². The highest BCUT2D eigenvalue weighted by atomic mass is 32.2. The Labute approximate surface area is 97.7 Å². The predicted molar refractivity (Wildman–Crippen MR) is 56.9 cm³/mol. The summed E-state index contributed by atoms with van der Waals surface area (Å²) < 4.78 is 60.7. The van der Waals surface area contributed by atoms with E-state index in [2.05, 4.69) is 4.72 Å². The van der Waals surface area contributed by atoms with Crippen LogP contribution in [0, 0.1) is 0 Å². The molecule has 0 aromatic heterocycles. The fraction of sp³-hybridized carbons (Fsp3) is 0.400. The lowest BCUT2D eigenvalue weighted by atomic mass is 10.3. The van der Waals surface area contributed by atoms with Crippen LogP contribution in [0.2, 0.25) is 0 Å². The maximum Gasteiger partial charge on any atom is 0.389 e. The molecular formula is C10H12F3NO2S. The van der Waals surface area contributed by atoms with Crippen LogP contribution < -0.4 is 4.72 Å². The molecule has 3 nitrogen and oxygen atoms in total. The zero-order valence-electron chi connectivity index (χ0n) is 8.87. The first-order valence-electron chi connectivity index (χ1n) is 4.93. The van der Waals surface area contributed by atoms with Crippen LogP contribution in [-0.4, -0.2) is 21.1 Å². The maximum absolute atomic E-state index is 11.8. The van der Waals surface area contributed by atoms with Crippen LogP contribution in [0.5, 0.6) is 0 Å². The second-order valence-corrected chi connectivity index (χ2v) is 5.20. The molecule has 1 aromatic carbocycles. The standard InChI is InChI=1S/C10H12F3NO2S/c11-10(12,13)7-4-8-14-17(15,16)9-5-2-1-3-6-9/h1-3,5-6,14H,4,7-8H2. The van der Waals surface area contributed by atoms with Crippen molar-refractivity contribution in [1.29, 1.82) is 0 Å². The Kier molecular flexibility index (Phi) is 4.53. The molecule has 0 saturated carbocycles. The number of halogens is 3. The molecule has 1 rings (SSSR count). The molecule has 0 aliphatic heterocycles. The molecule has 0 bridgehead atoms. The van der Waals surface area contributed by atoms with Gasteiger partial charge >= 0.3 is 6.18 Å². The molecule has 17 heavy (non-hydrogen) atoms. The quantitative estimate of drug-likeness (QED) is 0.832. The highest BCUT2D eigenvalue weighted by molar-refractivity contribution is 7.89. The molecule has 96 valence electrons. The molecule has 0 atom stereocenters. The molecule has 0 fully saturated rings. The van der Waals surface area contributed by atoms with Crippen molar-refractivity contribution < 1.29 is 21.6 Å². The first kappa shape index (κ1) is 14.0. The van der Waals surface area contributed by atoms with E-state index in [-0.39, 0.29) is 17.9 Å². The second kappa shape index (κ2) is 5.50. The minimum atomic E-state index is -4.25. The molecule has 7 heteroatoms. The van der Waals surface area contributed by atoms with E-state index < -0.39 is 22.6 Å². The van der Waals surface area contributed by atoms with Crippen LogP contribution in [0.1, 0.15) is 12.8 Å². The van der Waals surface area contributed by atoms with Gasteiger partial charge in [-0.3, -0.25) is 0 Å². The normalized spacial score (nSPS) is 12.6. The summed E-state index contributed by atoms with van der Waals surface area (Å²) in [5.41, 5.74) is 0. The summed E-state index contributed by atoms with van der Waals surface area (Å²) in [5, 5.41) is 0. The molecule has 0 aliphatic carbocycles. The molecule has 0 spiro atoms. The van der Waals surface area contributed by atoms with Gasteiger partial charge in [0, 0.05) is 13.0 Å². The van der Waals surface area contributed by atoms with Gasteiger partial charge in [-0.15, -0.1) is 0 Å². The lowest BCUT2D eigenvalue weighted by Crippen LogP contribution is -2.25. The molecule has 1 aromatic rings. The molecule has 0 heterocycles. The molecule has 0 radical (unpaired) electrons. The molecule has 0 aliphatic rings. The van der Waals surface area contributed by atoms with E-state index in [1.807, 2.05) is 0 Å². The minimum absolute atomic E-state index is 0.0482. The first-order valence-corrected chi connectivity index (χ1v) is 6.41. The van der Waals surface area contributed by atoms with Gasteiger partial charge in [0.1, 0.15) is 0 Å². The van der Waals surface area contributed by atoms with Crippen LogP contribution in [0.3, 0.4) is 0 Å². The summed E-state index contributed by atoms with van der Waals surface area (Å²) in [6.07, 6.45) is -5.52. The molecular weight excluding hydrogens is 255 g/mol. The van der Waals surface area contributed by atoms with Crippen LogP contribution >= 0.6 is 0 Å². The molecule has 1 N–H and O–H groups in total. The third kappa shape index (κ3) is 5.18. The SMILES string of the molecule is O=S(=O)(NCCCC(F)(F)F)c1ccccc1. The van der Waals surface area contributed by atoms with Crippen molar-refractivity contribution in [3.05, 3.63) is 30.3 Å². The van der Waals surface area contributed by atoms with E-state index in [0.717, 1.165) is 0 Å². The average Bonchev–Trinajstić information content (AvgIpc) is 2.25. The summed E-state index contributed by atoms with van der Waals surface area (Å²) in [7, 11) is -3.70. The fourth-order valence-corrected chi connectivity index (χ4v) is 2.27. The van der Waals surface area contributed by atoms with Crippen molar-refractivity contribution >= 4 is 10.0 Å². The maximum atomic E-state index is 11.8. The lowest BCUT2D eigenvalue weighted by Gasteiger charge is -2.08. The van der Waals surface area contributed by atoms with Gasteiger partial charge in [0.25, 0.3) is 0 Å². The minimum Gasteiger partial charge on any atom is -0.211 e. The van der Waals surface area contributed by atoms with E-state index in [1.54, 1.807) is 18.2 Å². The highest BCUT2D eigenvalue weighted by Crippen LogP contribution is 2.20. The van der Waals surface area contributed by atoms with E-state index in [0.29, 0.717) is 0 Å². The number of hydrogen-bond donors (Lipinski definition) is 1. The Balaban J connectivity index is 2.47. The summed E-state index contributed by atoms with van der Waals surface area (Å²) >= 11 is 0. The van der Waals surface area contributed by atoms with Gasteiger partial charge in [0.15, 0.2) is 0 Å². The zero-order chi connectivity index (χ0) is 12.9. The number of hydrogen-bond acceptors (Lipinski definition) is 2. The highest BCUT2D eigenvalue weighted by Gasteiger charge is 2.26. The third-order valence-electron chi connectivity index (χ3n) is 1.98. The first-order chi connectivity index (χ1) is 7.81. The lowest BCUT2D eigenvalue weighted by molar-refractivity contribution is -0.135. The summed E-state index contributed by atoms with van der Waals surface area (Å²) in [5.74, 6) is 0. The second-order valence-electron chi connectivity index (χ2n) is 3.43. The zero-order valence-corrected chi connectivity index (χ0v) is 9.68. The number of sulfonamides is 1. The summed E-state index contributed by atoms with van der Waals surface area (Å²) in [6.45, 7) is -0.225. The van der Waals surface area contributed by atoms with Crippen molar-refractivity contribution in [1.82, 2.24) is 4.72 Å². The largest absolute Gasteiger partial charge is 0.389 e. The smallest absolute Gasteiger partial charge is 0.211 e. The van der Waals surface area contributed by atoms with Gasteiger partial charge in [-0.25, -0.2) is 13.1 Å². The Morgan fingerprint density at radius 3 is 2.24 bits per heavy atom. The molecule has 0 amide bonds. The Hall–Kier alpha value is -1.08. The van der Waals surface area contributed by atoms with Gasteiger partial charge in [0.05, 0.1) is 4.90 Å². The van der Waals surface area contributed by atoms with Crippen molar-refractivity contribution in [2.45, 2.75) is 23.9 Å². The van der Waals surface area contributed by atoms with Gasteiger partial charge in [-0.2, -0.15) is 13.2 Å². The van der Waals surface area contributed by atoms with Crippen molar-refractivity contribution in [2.75, 3.05) is 6.54 Å². The predicted octanol–water partition coefficient (Wildman–Crippen LogP) is 2.31. The number of alkyl halides is 3. The average molecular weight is 267 g/mol. The monoisotopic (exact) mass is 267 g/mol. The van der Waals surface area contributed by atoms with E-state index >= 15 is 0 Å². The van der Waals surface area contributed by atoms with Gasteiger partial charge in [-0.05, 0) is 18.6 Å². The number of nitrogens with one attached hydrogen (secondary N) is 1. The molecule has 0 unspecified atom stereocenters. The van der Waals surface area contributed by atoms with Crippen molar-refractivity contribution in [2.24, 2.45) is 0 Å². The van der Waals surface area contributed by atoms with Crippen LogP contribution in [0.25, 0.3) is 0 Å². The summed E-state index contributed by atoms with van der Waals surface area (Å²) in [6, 6.07) is 7.51. The Morgan fingerprint density at radius 1 is 1.12 bits per heavy atom. The summed E-state index contributed by atoms with van der Waals surface area (Å²) in [4.78, 5) is 0.0482. The van der Waals surface area contributed by atoms with Crippen LogP contribution in [0.15, 0.2) is 35.2 Å². The fourth-order valence-electron chi connectivity index (χ4n) is 1.18. The Bertz CT molecular complexity index is 442. The van der Waals surface area contributed by atoms with Crippen LogP contribution in [-0.2, 0) is 10.0 Å². The van der Waals surface area contributed by atoms with Gasteiger partial charge in [0.2, 0.25) is 10.0 Å². The number of benzene rings is 1. The van der Waals surface area contributed by atoms with Gasteiger partial charge < -0.3 is 0 Å². The van der Waals surface area contributed by atoms with E-state index in [4.69, 9.17) is 0 Å². The van der Waals surface area contributed by atoms with Crippen LogP contribution in [0.4, 0.5) is 13.2 Å². The third-order valence-corrected chi connectivity index (χ3v) is 3.46. The van der Waals surface area contributed by atoms with Crippen molar-refractivity contribution in [3.63, 3.8) is 0 Å². The molecule has 0 saturated heterocycles. The van der Waals surface area contributed by atoms with Gasteiger partial charge in [-0.1, -0.05) is 18.2 Å². The van der Waals surface area contributed by atoms with E-state index in [1.165, 1.54) is 12.1 Å². The Morgan fingerprint density at radius 2 is 1.71 bits per heavy atom. The van der Waals surface area contributed by atoms with Crippen molar-refractivity contribution in [3.8, 4) is 0 Å².